The molecule has 0 radical (unpaired) electrons. The van der Waals surface area contributed by atoms with E-state index in [0.717, 1.165) is 28.1 Å². The summed E-state index contributed by atoms with van der Waals surface area (Å²) in [5.41, 5.74) is 4.87. The molecule has 124 valence electrons. The Kier molecular flexibility index (Phi) is 4.00. The summed E-state index contributed by atoms with van der Waals surface area (Å²) in [4.78, 5) is 6.43. The molecule has 3 heteroatoms. The highest BCUT2D eigenvalue weighted by atomic mass is 15.1. The fourth-order valence-corrected chi connectivity index (χ4v) is 3.03. The number of para-hydroxylation sites is 1. The van der Waals surface area contributed by atoms with E-state index in [9.17, 15) is 5.26 Å². The summed E-state index contributed by atoms with van der Waals surface area (Å²) in [6, 6.07) is 25.3. The van der Waals surface area contributed by atoms with Gasteiger partial charge < -0.3 is 4.90 Å². The monoisotopic (exact) mass is 336 g/mol. The van der Waals surface area contributed by atoms with Crippen LogP contribution in [0, 0.1) is 11.3 Å². The Morgan fingerprint density at radius 1 is 0.962 bits per heavy atom. The molecule has 0 spiro atoms. The van der Waals surface area contributed by atoms with Crippen LogP contribution in [-0.2, 0) is 0 Å². The van der Waals surface area contributed by atoms with Crippen LogP contribution in [0.4, 0.5) is 5.69 Å². The molecule has 0 bridgehead atoms. The second kappa shape index (κ2) is 7.08. The third-order valence-corrected chi connectivity index (χ3v) is 4.30. The average Bonchev–Trinajstić information content (AvgIpc) is 2.75. The van der Waals surface area contributed by atoms with Gasteiger partial charge in [-0.1, -0.05) is 42.5 Å². The first-order valence-electron chi connectivity index (χ1n) is 8.93. The second-order valence-corrected chi connectivity index (χ2v) is 5.99. The van der Waals surface area contributed by atoms with Crippen LogP contribution in [0.5, 0.6) is 0 Å². The predicted octanol–water partition coefficient (Wildman–Crippen LogP) is 4.90. The molecule has 2 heterocycles. The van der Waals surface area contributed by atoms with E-state index in [1.54, 1.807) is 12.3 Å². The maximum Gasteiger partial charge on any atom is 0.0998 e. The number of nitriles is 1. The third kappa shape index (κ3) is 3.13. The topological polar surface area (TPSA) is 39.9 Å². The summed E-state index contributed by atoms with van der Waals surface area (Å²) in [5.74, 6) is 0. The Hall–Kier alpha value is -3.64. The molecule has 0 fully saturated rings. The van der Waals surface area contributed by atoms with E-state index in [0.29, 0.717) is 18.3 Å². The number of benzene rings is 2. The molecule has 0 N–H and O–H groups in total. The van der Waals surface area contributed by atoms with Gasteiger partial charge in [0.15, 0.2) is 0 Å². The van der Waals surface area contributed by atoms with Crippen LogP contribution in [-0.4, -0.2) is 11.5 Å². The zero-order valence-electron chi connectivity index (χ0n) is 15.1. The summed E-state index contributed by atoms with van der Waals surface area (Å²) in [7, 11) is 0. The lowest BCUT2D eigenvalue weighted by atomic mass is 9.95. The molecule has 0 unspecified atom stereocenters. The molecule has 1 aliphatic rings. The quantitative estimate of drug-likeness (QED) is 0.683. The number of hydrogen-bond donors (Lipinski definition) is 0. The van der Waals surface area contributed by atoms with Gasteiger partial charge in [-0.05, 0) is 47.6 Å². The van der Waals surface area contributed by atoms with Gasteiger partial charge in [0.1, 0.15) is 0 Å². The molecule has 0 amide bonds. The van der Waals surface area contributed by atoms with Gasteiger partial charge in [0.25, 0.3) is 0 Å². The Labute approximate surface area is 154 Å². The second-order valence-electron chi connectivity index (χ2n) is 5.99. The van der Waals surface area contributed by atoms with E-state index in [1.165, 1.54) is 0 Å². The van der Waals surface area contributed by atoms with Crippen LogP contribution >= 0.6 is 0 Å². The van der Waals surface area contributed by atoms with Crippen molar-refractivity contribution in [2.45, 2.75) is 0 Å². The molecule has 2 aromatic carbocycles. The first-order valence-corrected chi connectivity index (χ1v) is 8.43. The van der Waals surface area contributed by atoms with Gasteiger partial charge in [-0.25, -0.2) is 0 Å². The predicted molar refractivity (Wildman–Crippen MR) is 105 cm³/mol. The van der Waals surface area contributed by atoms with E-state index in [2.05, 4.69) is 11.1 Å². The minimum atomic E-state index is 0.378. The standard InChI is InChI=1S/C23H17N3/c24-15-18-8-4-5-11-22(18)19-14-20(23-12-6-7-13-25-23)17-26(16-19)21-9-2-1-3-10-21/h1-14,16H,17H2/i16D. The molecule has 1 aliphatic heterocycles. The molecular formula is C23H17N3. The zero-order chi connectivity index (χ0) is 18.6. The van der Waals surface area contributed by atoms with Gasteiger partial charge >= 0.3 is 0 Å². The first-order chi connectivity index (χ1) is 13.3. The SMILES string of the molecule is [2H]C1=C(c2ccccc2C#N)C=C(c2ccccn2)CN1c1ccccc1. The summed E-state index contributed by atoms with van der Waals surface area (Å²) in [6.07, 6.45) is 4.13. The normalized spacial score (nSPS) is 14.5. The third-order valence-electron chi connectivity index (χ3n) is 4.30. The average molecular weight is 336 g/mol. The lowest BCUT2D eigenvalue weighted by molar-refractivity contribution is 1.07. The van der Waals surface area contributed by atoms with E-state index in [4.69, 9.17) is 1.37 Å². The largest absolute Gasteiger partial charge is 0.343 e. The molecule has 0 saturated heterocycles. The number of pyridine rings is 1. The molecule has 4 rings (SSSR count). The van der Waals surface area contributed by atoms with Crippen molar-refractivity contribution in [2.75, 3.05) is 11.4 Å². The van der Waals surface area contributed by atoms with E-state index < -0.39 is 0 Å². The maximum atomic E-state index is 9.52. The fraction of sp³-hybridized carbons (Fsp3) is 0.0435. The van der Waals surface area contributed by atoms with Crippen molar-refractivity contribution in [1.29, 1.82) is 5.26 Å². The van der Waals surface area contributed by atoms with Gasteiger partial charge in [0.05, 0.1) is 18.7 Å². The van der Waals surface area contributed by atoms with Crippen molar-refractivity contribution in [2.24, 2.45) is 0 Å². The summed E-state index contributed by atoms with van der Waals surface area (Å²) >= 11 is 0. The number of hydrogen-bond acceptors (Lipinski definition) is 3. The molecule has 0 atom stereocenters. The molecule has 1 aromatic heterocycles. The molecule has 0 aliphatic carbocycles. The molecule has 26 heavy (non-hydrogen) atoms. The highest BCUT2D eigenvalue weighted by molar-refractivity contribution is 5.90. The van der Waals surface area contributed by atoms with Crippen molar-refractivity contribution in [3.8, 4) is 6.07 Å². The molecular weight excluding hydrogens is 318 g/mol. The van der Waals surface area contributed by atoms with Crippen molar-refractivity contribution < 1.29 is 1.37 Å². The lowest BCUT2D eigenvalue weighted by Crippen LogP contribution is -2.22. The number of allylic oxidation sites excluding steroid dienone is 2. The van der Waals surface area contributed by atoms with Crippen molar-refractivity contribution in [3.05, 3.63) is 108 Å². The Morgan fingerprint density at radius 2 is 1.73 bits per heavy atom. The van der Waals surface area contributed by atoms with Crippen LogP contribution in [0.2, 0.25) is 0 Å². The molecule has 0 saturated carbocycles. The Bertz CT molecular complexity index is 1060. The fourth-order valence-electron chi connectivity index (χ4n) is 3.03. The first kappa shape index (κ1) is 14.7. The maximum absolute atomic E-state index is 9.52. The van der Waals surface area contributed by atoms with Crippen LogP contribution in [0.25, 0.3) is 11.1 Å². The van der Waals surface area contributed by atoms with Gasteiger partial charge in [0, 0.05) is 30.2 Å². The van der Waals surface area contributed by atoms with E-state index in [-0.39, 0.29) is 0 Å². The molecule has 3 nitrogen and oxygen atoms in total. The van der Waals surface area contributed by atoms with Gasteiger partial charge in [-0.15, -0.1) is 0 Å². The Morgan fingerprint density at radius 3 is 2.50 bits per heavy atom. The number of nitrogens with zero attached hydrogens (tertiary/aromatic N) is 3. The van der Waals surface area contributed by atoms with E-state index >= 15 is 0 Å². The van der Waals surface area contributed by atoms with Crippen LogP contribution < -0.4 is 4.90 Å². The summed E-state index contributed by atoms with van der Waals surface area (Å²) < 4.78 is 8.82. The van der Waals surface area contributed by atoms with Crippen molar-refractivity contribution >= 4 is 16.8 Å². The van der Waals surface area contributed by atoms with Crippen LogP contribution in [0.1, 0.15) is 18.2 Å². The highest BCUT2D eigenvalue weighted by Gasteiger charge is 2.18. The summed E-state index contributed by atoms with van der Waals surface area (Å²) in [5, 5.41) is 9.52. The number of anilines is 1. The smallest absolute Gasteiger partial charge is 0.0998 e. The number of rotatable bonds is 3. The van der Waals surface area contributed by atoms with Gasteiger partial charge in [-0.2, -0.15) is 5.26 Å². The van der Waals surface area contributed by atoms with Crippen molar-refractivity contribution in [1.82, 2.24) is 4.98 Å². The Balaban J connectivity index is 1.91. The minimum absolute atomic E-state index is 0.378. The summed E-state index contributed by atoms with van der Waals surface area (Å²) in [6.45, 7) is 0.554. The van der Waals surface area contributed by atoms with Crippen LogP contribution in [0.15, 0.2) is 91.2 Å². The van der Waals surface area contributed by atoms with Crippen molar-refractivity contribution in [3.63, 3.8) is 0 Å². The lowest BCUT2D eigenvalue weighted by Gasteiger charge is -2.27. The molecule has 3 aromatic rings. The van der Waals surface area contributed by atoms with Gasteiger partial charge in [-0.3, -0.25) is 4.98 Å². The van der Waals surface area contributed by atoms with Gasteiger partial charge in [0.2, 0.25) is 0 Å². The zero-order valence-corrected chi connectivity index (χ0v) is 14.1. The van der Waals surface area contributed by atoms with Crippen LogP contribution in [0.3, 0.4) is 0 Å². The van der Waals surface area contributed by atoms with E-state index in [1.807, 2.05) is 77.7 Å². The number of aromatic nitrogens is 1. The highest BCUT2D eigenvalue weighted by Crippen LogP contribution is 2.31. The minimum Gasteiger partial charge on any atom is -0.343 e.